The van der Waals surface area contributed by atoms with Crippen molar-refractivity contribution in [3.05, 3.63) is 23.9 Å². The Balaban J connectivity index is 3.57. The van der Waals surface area contributed by atoms with Gasteiger partial charge < -0.3 is 5.32 Å². The number of nitrogens with one attached hydrogen (secondary N) is 1. The third kappa shape index (κ3) is 7.39. The molecule has 0 aromatic heterocycles. The second-order valence-corrected chi connectivity index (χ2v) is 3.78. The molecule has 1 heteroatoms. The highest BCUT2D eigenvalue weighted by Gasteiger charge is 1.92. The van der Waals surface area contributed by atoms with E-state index in [1.165, 1.54) is 12.1 Å². The molecule has 12 heavy (non-hydrogen) atoms. The largest absolute Gasteiger partial charge is 0.389 e. The minimum Gasteiger partial charge on any atom is -0.389 e. The molecule has 1 N–H and O–H groups in total. The van der Waals surface area contributed by atoms with Crippen LogP contribution in [0.4, 0.5) is 0 Å². The predicted molar refractivity (Wildman–Crippen MR) is 56.0 cm³/mol. The minimum atomic E-state index is 0.773. The molecule has 0 saturated carbocycles. The van der Waals surface area contributed by atoms with Crippen molar-refractivity contribution in [3.8, 4) is 0 Å². The van der Waals surface area contributed by atoms with Crippen molar-refractivity contribution in [3.63, 3.8) is 0 Å². The maximum absolute atomic E-state index is 3.82. The van der Waals surface area contributed by atoms with E-state index in [0.717, 1.165) is 18.0 Å². The molecule has 0 aliphatic carbocycles. The van der Waals surface area contributed by atoms with Crippen LogP contribution >= 0.6 is 0 Å². The number of hydrogen-bond acceptors (Lipinski definition) is 1. The SMILES string of the molecule is C=C(C)/C=C(/C)NCCC(C)C. The van der Waals surface area contributed by atoms with Crippen LogP contribution in [0.2, 0.25) is 0 Å². The normalized spacial score (nSPS) is 11.9. The highest BCUT2D eigenvalue weighted by molar-refractivity contribution is 5.15. The molecule has 0 aromatic rings. The third-order valence-electron chi connectivity index (χ3n) is 1.59. The fraction of sp³-hybridized carbons (Fsp3) is 0.636. The lowest BCUT2D eigenvalue weighted by Gasteiger charge is -2.08. The van der Waals surface area contributed by atoms with E-state index in [-0.39, 0.29) is 0 Å². The topological polar surface area (TPSA) is 12.0 Å². The van der Waals surface area contributed by atoms with Crippen molar-refractivity contribution in [2.75, 3.05) is 6.54 Å². The van der Waals surface area contributed by atoms with Crippen molar-refractivity contribution in [2.45, 2.75) is 34.1 Å². The number of allylic oxidation sites excluding steroid dienone is 3. The zero-order valence-electron chi connectivity index (χ0n) is 8.78. The molecule has 0 rings (SSSR count). The molecule has 0 aromatic carbocycles. The quantitative estimate of drug-likeness (QED) is 0.620. The zero-order chi connectivity index (χ0) is 9.56. The zero-order valence-corrected chi connectivity index (χ0v) is 8.78. The van der Waals surface area contributed by atoms with Gasteiger partial charge >= 0.3 is 0 Å². The summed E-state index contributed by atoms with van der Waals surface area (Å²) < 4.78 is 0. The summed E-state index contributed by atoms with van der Waals surface area (Å²) in [6.07, 6.45) is 3.29. The van der Waals surface area contributed by atoms with Crippen molar-refractivity contribution in [2.24, 2.45) is 5.92 Å². The van der Waals surface area contributed by atoms with E-state index in [4.69, 9.17) is 0 Å². The Hall–Kier alpha value is -0.720. The van der Waals surface area contributed by atoms with Crippen LogP contribution in [0.3, 0.4) is 0 Å². The molecule has 0 spiro atoms. The van der Waals surface area contributed by atoms with Gasteiger partial charge in [-0.1, -0.05) is 26.0 Å². The van der Waals surface area contributed by atoms with Crippen molar-refractivity contribution in [1.82, 2.24) is 5.32 Å². The summed E-state index contributed by atoms with van der Waals surface area (Å²) in [5, 5.41) is 3.35. The predicted octanol–water partition coefficient (Wildman–Crippen LogP) is 3.10. The summed E-state index contributed by atoms with van der Waals surface area (Å²) in [7, 11) is 0. The van der Waals surface area contributed by atoms with Gasteiger partial charge in [0, 0.05) is 12.2 Å². The van der Waals surface area contributed by atoms with Crippen molar-refractivity contribution in [1.29, 1.82) is 0 Å². The fourth-order valence-corrected chi connectivity index (χ4v) is 0.979. The molecule has 0 amide bonds. The van der Waals surface area contributed by atoms with Crippen LogP contribution in [0.15, 0.2) is 23.9 Å². The molecule has 0 atom stereocenters. The minimum absolute atomic E-state index is 0.773. The van der Waals surface area contributed by atoms with Crippen LogP contribution in [-0.4, -0.2) is 6.54 Å². The first-order valence-electron chi connectivity index (χ1n) is 4.60. The van der Waals surface area contributed by atoms with Crippen LogP contribution in [-0.2, 0) is 0 Å². The highest BCUT2D eigenvalue weighted by Crippen LogP contribution is 1.99. The summed E-state index contributed by atoms with van der Waals surface area (Å²) >= 11 is 0. The van der Waals surface area contributed by atoms with Gasteiger partial charge in [0.15, 0.2) is 0 Å². The Kier molecular flexibility index (Phi) is 5.52. The van der Waals surface area contributed by atoms with Crippen LogP contribution in [0.1, 0.15) is 34.1 Å². The summed E-state index contributed by atoms with van der Waals surface area (Å²) in [5.41, 5.74) is 2.31. The van der Waals surface area contributed by atoms with Gasteiger partial charge in [-0.2, -0.15) is 0 Å². The summed E-state index contributed by atoms with van der Waals surface area (Å²) in [4.78, 5) is 0. The Morgan fingerprint density at radius 3 is 2.42 bits per heavy atom. The van der Waals surface area contributed by atoms with E-state index in [2.05, 4.69) is 38.7 Å². The molecule has 0 heterocycles. The lowest BCUT2D eigenvalue weighted by atomic mass is 10.1. The Morgan fingerprint density at radius 2 is 2.00 bits per heavy atom. The second kappa shape index (κ2) is 5.87. The Bertz CT molecular complexity index is 166. The monoisotopic (exact) mass is 167 g/mol. The molecule has 70 valence electrons. The average Bonchev–Trinajstić information content (AvgIpc) is 1.84. The van der Waals surface area contributed by atoms with Gasteiger partial charge in [-0.25, -0.2) is 0 Å². The van der Waals surface area contributed by atoms with Crippen LogP contribution in [0, 0.1) is 5.92 Å². The molecule has 0 fully saturated rings. The average molecular weight is 167 g/mol. The molecule has 0 unspecified atom stereocenters. The molecular weight excluding hydrogens is 146 g/mol. The highest BCUT2D eigenvalue weighted by atomic mass is 14.9. The van der Waals surface area contributed by atoms with Gasteiger partial charge in [-0.15, -0.1) is 0 Å². The Labute approximate surface area is 76.6 Å². The van der Waals surface area contributed by atoms with Crippen molar-refractivity contribution < 1.29 is 0 Å². The van der Waals surface area contributed by atoms with Crippen molar-refractivity contribution >= 4 is 0 Å². The van der Waals surface area contributed by atoms with E-state index in [1.807, 2.05) is 6.92 Å². The summed E-state index contributed by atoms with van der Waals surface area (Å²) in [5.74, 6) is 0.773. The molecule has 1 nitrogen and oxygen atoms in total. The number of rotatable bonds is 5. The lowest BCUT2D eigenvalue weighted by Crippen LogP contribution is -2.14. The van der Waals surface area contributed by atoms with Gasteiger partial charge in [0.05, 0.1) is 0 Å². The lowest BCUT2D eigenvalue weighted by molar-refractivity contribution is 0.563. The molecular formula is C11H21N. The molecule has 0 radical (unpaired) electrons. The van der Waals surface area contributed by atoms with Crippen LogP contribution in [0.25, 0.3) is 0 Å². The molecule has 0 bridgehead atoms. The van der Waals surface area contributed by atoms with E-state index in [0.29, 0.717) is 0 Å². The summed E-state index contributed by atoms with van der Waals surface area (Å²) in [6.45, 7) is 13.4. The van der Waals surface area contributed by atoms with Gasteiger partial charge in [-0.3, -0.25) is 0 Å². The molecule has 0 aliphatic heterocycles. The van der Waals surface area contributed by atoms with E-state index in [9.17, 15) is 0 Å². The first-order valence-corrected chi connectivity index (χ1v) is 4.60. The fourth-order valence-electron chi connectivity index (χ4n) is 0.979. The second-order valence-electron chi connectivity index (χ2n) is 3.78. The van der Waals surface area contributed by atoms with E-state index in [1.54, 1.807) is 0 Å². The standard InChI is InChI=1S/C11H21N/c1-9(2)6-7-12-11(5)8-10(3)4/h8-9,12H,3,6-7H2,1-2,4-5H3/b11-8-. The van der Waals surface area contributed by atoms with Gasteiger partial charge in [0.1, 0.15) is 0 Å². The van der Waals surface area contributed by atoms with Gasteiger partial charge in [0.25, 0.3) is 0 Å². The van der Waals surface area contributed by atoms with E-state index >= 15 is 0 Å². The first-order chi connectivity index (χ1) is 5.52. The smallest absolute Gasteiger partial charge is 0.0146 e. The number of hydrogen-bond donors (Lipinski definition) is 1. The summed E-state index contributed by atoms with van der Waals surface area (Å²) in [6, 6.07) is 0. The van der Waals surface area contributed by atoms with E-state index < -0.39 is 0 Å². The van der Waals surface area contributed by atoms with Gasteiger partial charge in [-0.05, 0) is 32.3 Å². The van der Waals surface area contributed by atoms with Crippen LogP contribution < -0.4 is 5.32 Å². The molecule has 0 saturated heterocycles. The van der Waals surface area contributed by atoms with Crippen LogP contribution in [0.5, 0.6) is 0 Å². The maximum Gasteiger partial charge on any atom is 0.0146 e. The molecule has 0 aliphatic rings. The first kappa shape index (κ1) is 11.3. The maximum atomic E-state index is 3.82. The third-order valence-corrected chi connectivity index (χ3v) is 1.59. The van der Waals surface area contributed by atoms with Gasteiger partial charge in [0.2, 0.25) is 0 Å². The Morgan fingerprint density at radius 1 is 1.42 bits per heavy atom.